The third-order valence-electron chi connectivity index (χ3n) is 3.77. The summed E-state index contributed by atoms with van der Waals surface area (Å²) in [4.78, 5) is 11.9. The molecule has 0 saturated heterocycles. The molecule has 0 heterocycles. The van der Waals surface area contributed by atoms with E-state index in [4.69, 9.17) is 9.47 Å². The monoisotopic (exact) mass is 351 g/mol. The Morgan fingerprint density at radius 3 is 2.36 bits per heavy atom. The third-order valence-corrected chi connectivity index (χ3v) is 3.77. The number of aliphatic hydroxyl groups is 1. The first-order valence-electron chi connectivity index (χ1n) is 8.83. The molecule has 0 fully saturated rings. The molecule has 1 rings (SSSR count). The van der Waals surface area contributed by atoms with E-state index < -0.39 is 11.7 Å². The fraction of sp³-hybridized carbons (Fsp3) is 0.650. The number of aliphatic hydroxyl groups excluding tert-OH is 1. The highest BCUT2D eigenvalue weighted by atomic mass is 16.6. The van der Waals surface area contributed by atoms with Crippen molar-refractivity contribution in [2.24, 2.45) is 5.41 Å². The van der Waals surface area contributed by atoms with E-state index in [-0.39, 0.29) is 18.1 Å². The number of benzene rings is 1. The molecular weight excluding hydrogens is 318 g/mol. The molecule has 0 bridgehead atoms. The zero-order chi connectivity index (χ0) is 18.9. The molecule has 1 aromatic carbocycles. The fourth-order valence-corrected chi connectivity index (χ4v) is 2.52. The number of carbonyl (C=O) groups is 1. The molecule has 0 aliphatic rings. The lowest BCUT2D eigenvalue weighted by Gasteiger charge is -2.30. The Morgan fingerprint density at radius 2 is 1.80 bits per heavy atom. The van der Waals surface area contributed by atoms with E-state index in [0.717, 1.165) is 12.0 Å². The number of hydrogen-bond acceptors (Lipinski definition) is 4. The predicted molar refractivity (Wildman–Crippen MR) is 99.4 cm³/mol. The summed E-state index contributed by atoms with van der Waals surface area (Å²) in [5, 5.41) is 12.3. The van der Waals surface area contributed by atoms with Gasteiger partial charge >= 0.3 is 6.09 Å². The van der Waals surface area contributed by atoms with Crippen molar-refractivity contribution >= 4 is 6.09 Å². The Hall–Kier alpha value is -1.59. The molecular formula is C20H33NO4. The smallest absolute Gasteiger partial charge is 0.407 e. The third kappa shape index (κ3) is 10.1. The second-order valence-corrected chi connectivity index (χ2v) is 8.18. The maximum Gasteiger partial charge on any atom is 0.407 e. The first-order valence-corrected chi connectivity index (χ1v) is 8.83. The molecule has 0 saturated carbocycles. The molecule has 1 aromatic rings. The van der Waals surface area contributed by atoms with E-state index in [1.54, 1.807) is 0 Å². The molecule has 25 heavy (non-hydrogen) atoms. The van der Waals surface area contributed by atoms with E-state index in [2.05, 4.69) is 19.2 Å². The summed E-state index contributed by atoms with van der Waals surface area (Å²) >= 11 is 0. The summed E-state index contributed by atoms with van der Waals surface area (Å²) < 4.78 is 11.0. The summed E-state index contributed by atoms with van der Waals surface area (Å²) in [6.45, 7) is 10.8. The van der Waals surface area contributed by atoms with Gasteiger partial charge in [0.2, 0.25) is 0 Å². The Labute approximate surface area is 151 Å². The van der Waals surface area contributed by atoms with Crippen molar-refractivity contribution < 1.29 is 19.4 Å². The summed E-state index contributed by atoms with van der Waals surface area (Å²) in [7, 11) is 0. The van der Waals surface area contributed by atoms with Gasteiger partial charge in [0.05, 0.1) is 19.3 Å². The summed E-state index contributed by atoms with van der Waals surface area (Å²) in [5.74, 6) is 0. The van der Waals surface area contributed by atoms with Crippen molar-refractivity contribution in [1.29, 1.82) is 0 Å². The van der Waals surface area contributed by atoms with Crippen molar-refractivity contribution in [2.75, 3.05) is 13.2 Å². The van der Waals surface area contributed by atoms with E-state index >= 15 is 0 Å². The van der Waals surface area contributed by atoms with Gasteiger partial charge in [-0.1, -0.05) is 44.2 Å². The number of nitrogens with one attached hydrogen (secondary N) is 1. The Morgan fingerprint density at radius 1 is 1.16 bits per heavy atom. The fourth-order valence-electron chi connectivity index (χ4n) is 2.52. The molecule has 0 radical (unpaired) electrons. The lowest BCUT2D eigenvalue weighted by Crippen LogP contribution is -2.43. The molecule has 0 unspecified atom stereocenters. The van der Waals surface area contributed by atoms with Crippen LogP contribution in [0.3, 0.4) is 0 Å². The Bertz CT molecular complexity index is 508. The van der Waals surface area contributed by atoms with Crippen molar-refractivity contribution in [2.45, 2.75) is 65.7 Å². The van der Waals surface area contributed by atoms with Crippen LogP contribution in [-0.4, -0.2) is 36.1 Å². The lowest BCUT2D eigenvalue weighted by atomic mass is 9.83. The van der Waals surface area contributed by atoms with Crippen molar-refractivity contribution in [3.05, 3.63) is 35.9 Å². The zero-order valence-corrected chi connectivity index (χ0v) is 16.2. The molecule has 0 aliphatic heterocycles. The van der Waals surface area contributed by atoms with Gasteiger partial charge in [0.15, 0.2) is 0 Å². The van der Waals surface area contributed by atoms with Crippen LogP contribution in [-0.2, 0) is 16.1 Å². The second kappa shape index (κ2) is 9.78. The van der Waals surface area contributed by atoms with Gasteiger partial charge in [-0.3, -0.25) is 0 Å². The van der Waals surface area contributed by atoms with E-state index in [9.17, 15) is 9.90 Å². The predicted octanol–water partition coefficient (Wildman–Crippen LogP) is 3.90. The molecule has 1 amide bonds. The number of hydrogen-bond donors (Lipinski definition) is 2. The van der Waals surface area contributed by atoms with Crippen LogP contribution in [0.1, 0.15) is 53.0 Å². The van der Waals surface area contributed by atoms with Crippen LogP contribution in [0.5, 0.6) is 0 Å². The molecule has 142 valence electrons. The van der Waals surface area contributed by atoms with Gasteiger partial charge in [-0.05, 0) is 44.6 Å². The van der Waals surface area contributed by atoms with Crippen molar-refractivity contribution in [3.63, 3.8) is 0 Å². The normalized spacial score (nSPS) is 13.4. The van der Waals surface area contributed by atoms with Crippen LogP contribution in [0.2, 0.25) is 0 Å². The Kier molecular flexibility index (Phi) is 8.39. The van der Waals surface area contributed by atoms with Gasteiger partial charge in [0.25, 0.3) is 0 Å². The number of rotatable bonds is 9. The van der Waals surface area contributed by atoms with Gasteiger partial charge in [-0.2, -0.15) is 0 Å². The van der Waals surface area contributed by atoms with E-state index in [1.165, 1.54) is 0 Å². The summed E-state index contributed by atoms with van der Waals surface area (Å²) in [6, 6.07) is 9.72. The van der Waals surface area contributed by atoms with Gasteiger partial charge in [-0.25, -0.2) is 4.79 Å². The zero-order valence-electron chi connectivity index (χ0n) is 16.2. The second-order valence-electron chi connectivity index (χ2n) is 8.18. The van der Waals surface area contributed by atoms with Gasteiger partial charge < -0.3 is 19.9 Å². The largest absolute Gasteiger partial charge is 0.444 e. The lowest BCUT2D eigenvalue weighted by molar-refractivity contribution is 0.0443. The first-order chi connectivity index (χ1) is 11.6. The Balaban J connectivity index is 2.36. The minimum atomic E-state index is -0.551. The number of amides is 1. The number of alkyl carbamates (subject to hydrolysis) is 1. The summed E-state index contributed by atoms with van der Waals surface area (Å²) in [5.41, 5.74) is 0.532. The summed E-state index contributed by atoms with van der Waals surface area (Å²) in [6.07, 6.45) is 0.992. The number of ether oxygens (including phenoxy) is 2. The average molecular weight is 351 g/mol. The van der Waals surface area contributed by atoms with Gasteiger partial charge in [0, 0.05) is 6.61 Å². The van der Waals surface area contributed by atoms with E-state index in [1.807, 2.05) is 51.1 Å². The molecule has 2 N–H and O–H groups in total. The topological polar surface area (TPSA) is 67.8 Å². The molecule has 1 atom stereocenters. The first kappa shape index (κ1) is 21.5. The maximum absolute atomic E-state index is 11.9. The molecule has 5 heteroatoms. The van der Waals surface area contributed by atoms with Crippen molar-refractivity contribution in [1.82, 2.24) is 5.32 Å². The van der Waals surface area contributed by atoms with Crippen molar-refractivity contribution in [3.8, 4) is 0 Å². The molecule has 0 aliphatic carbocycles. The number of carbonyl (C=O) groups excluding carboxylic acids is 1. The minimum Gasteiger partial charge on any atom is -0.444 e. The molecule has 0 spiro atoms. The highest BCUT2D eigenvalue weighted by Crippen LogP contribution is 2.27. The van der Waals surface area contributed by atoms with Gasteiger partial charge in [-0.15, -0.1) is 0 Å². The van der Waals surface area contributed by atoms with Crippen LogP contribution in [0.25, 0.3) is 0 Å². The molecule has 0 aromatic heterocycles. The standard InChI is InChI=1S/C20H33NO4/c1-19(2,3)25-18(23)21-17(14-22)13-20(4,5)11-12-24-15-16-9-7-6-8-10-16/h6-10,17,22H,11-15H2,1-5H3,(H,21,23)/t17-/m0/s1. The van der Waals surface area contributed by atoms with Crippen LogP contribution in [0.4, 0.5) is 4.79 Å². The van der Waals surface area contributed by atoms with Crippen LogP contribution < -0.4 is 5.32 Å². The average Bonchev–Trinajstić information content (AvgIpc) is 2.50. The van der Waals surface area contributed by atoms with Crippen LogP contribution in [0, 0.1) is 5.41 Å². The highest BCUT2D eigenvalue weighted by molar-refractivity contribution is 5.68. The highest BCUT2D eigenvalue weighted by Gasteiger charge is 2.26. The SMILES string of the molecule is CC(C)(CCOCc1ccccc1)C[C@@H](CO)NC(=O)OC(C)(C)C. The van der Waals surface area contributed by atoms with Crippen LogP contribution >= 0.6 is 0 Å². The quantitative estimate of drug-likeness (QED) is 0.662. The maximum atomic E-state index is 11.9. The molecule has 5 nitrogen and oxygen atoms in total. The minimum absolute atomic E-state index is 0.0703. The van der Waals surface area contributed by atoms with E-state index in [0.29, 0.717) is 19.6 Å². The van der Waals surface area contributed by atoms with Gasteiger partial charge in [0.1, 0.15) is 5.60 Å². The van der Waals surface area contributed by atoms with Crippen LogP contribution in [0.15, 0.2) is 30.3 Å².